The second-order valence-corrected chi connectivity index (χ2v) is 9.49. The molecule has 0 unspecified atom stereocenters. The van der Waals surface area contributed by atoms with E-state index in [1.807, 2.05) is 13.8 Å². The standard InChI is InChI=1S/C16H22N5O2P/c1-10(2)11-8-19-14(24(22)5-3-4-6-24)7-12(11)23-13-9-20-16(18)21-15(13)17/h7-10H,3-6H2,1-2H3,(H4,17,18,20,21). The molecule has 24 heavy (non-hydrogen) atoms. The first-order chi connectivity index (χ1) is 11.4. The molecule has 4 N–H and O–H groups in total. The van der Waals surface area contributed by atoms with Gasteiger partial charge in [0.1, 0.15) is 18.3 Å². The van der Waals surface area contributed by atoms with E-state index in [1.54, 1.807) is 12.3 Å². The summed E-state index contributed by atoms with van der Waals surface area (Å²) in [6.45, 7) is 4.09. The molecular weight excluding hydrogens is 325 g/mol. The summed E-state index contributed by atoms with van der Waals surface area (Å²) in [6, 6.07) is 1.79. The highest BCUT2D eigenvalue weighted by molar-refractivity contribution is 7.71. The summed E-state index contributed by atoms with van der Waals surface area (Å²) in [6.07, 6.45) is 6.60. The Kier molecular flexibility index (Phi) is 4.45. The molecule has 0 aromatic carbocycles. The van der Waals surface area contributed by atoms with Gasteiger partial charge < -0.3 is 20.8 Å². The van der Waals surface area contributed by atoms with Gasteiger partial charge >= 0.3 is 0 Å². The molecule has 3 rings (SSSR count). The number of hydrogen-bond acceptors (Lipinski definition) is 7. The third-order valence-corrected chi connectivity index (χ3v) is 7.39. The maximum absolute atomic E-state index is 13.0. The largest absolute Gasteiger partial charge is 0.451 e. The van der Waals surface area contributed by atoms with Crippen LogP contribution in [0.2, 0.25) is 0 Å². The molecule has 0 aliphatic carbocycles. The van der Waals surface area contributed by atoms with Crippen molar-refractivity contribution < 1.29 is 9.30 Å². The minimum absolute atomic E-state index is 0.0924. The van der Waals surface area contributed by atoms with Crippen LogP contribution >= 0.6 is 7.14 Å². The smallest absolute Gasteiger partial charge is 0.222 e. The molecular formula is C16H22N5O2P. The molecule has 1 fully saturated rings. The topological polar surface area (TPSA) is 117 Å². The second-order valence-electron chi connectivity index (χ2n) is 6.36. The number of ether oxygens (including phenoxy) is 1. The van der Waals surface area contributed by atoms with E-state index < -0.39 is 7.14 Å². The Labute approximate surface area is 141 Å². The molecule has 1 aliphatic heterocycles. The van der Waals surface area contributed by atoms with Crippen LogP contribution < -0.4 is 21.6 Å². The van der Waals surface area contributed by atoms with Gasteiger partial charge in [-0.05, 0) is 18.8 Å². The van der Waals surface area contributed by atoms with E-state index in [2.05, 4.69) is 15.0 Å². The number of nitrogens with zero attached hydrogens (tertiary/aromatic N) is 3. The average Bonchev–Trinajstić information content (AvgIpc) is 2.98. The van der Waals surface area contributed by atoms with Gasteiger partial charge in [-0.1, -0.05) is 13.8 Å². The van der Waals surface area contributed by atoms with Crippen molar-refractivity contribution in [2.24, 2.45) is 0 Å². The van der Waals surface area contributed by atoms with Gasteiger partial charge in [-0.25, -0.2) is 4.98 Å². The molecule has 0 amide bonds. The van der Waals surface area contributed by atoms with E-state index in [9.17, 15) is 4.57 Å². The van der Waals surface area contributed by atoms with Crippen LogP contribution in [0, 0.1) is 0 Å². The van der Waals surface area contributed by atoms with Gasteiger partial charge in [-0.2, -0.15) is 4.98 Å². The molecule has 0 radical (unpaired) electrons. The number of hydrogen-bond donors (Lipinski definition) is 2. The van der Waals surface area contributed by atoms with Crippen molar-refractivity contribution in [1.29, 1.82) is 0 Å². The molecule has 0 saturated carbocycles. The van der Waals surface area contributed by atoms with Crippen LogP contribution in [0.15, 0.2) is 18.5 Å². The van der Waals surface area contributed by atoms with E-state index in [1.165, 1.54) is 6.20 Å². The third kappa shape index (κ3) is 3.22. The predicted molar refractivity (Wildman–Crippen MR) is 95.5 cm³/mol. The lowest BCUT2D eigenvalue weighted by atomic mass is 10.1. The molecule has 8 heteroatoms. The first-order valence-corrected chi connectivity index (χ1v) is 10.1. The lowest BCUT2D eigenvalue weighted by molar-refractivity contribution is 0.470. The van der Waals surface area contributed by atoms with Crippen molar-refractivity contribution in [1.82, 2.24) is 15.0 Å². The highest BCUT2D eigenvalue weighted by atomic mass is 31.2. The number of nitrogen functional groups attached to an aromatic ring is 2. The van der Waals surface area contributed by atoms with Crippen molar-refractivity contribution in [2.45, 2.75) is 32.6 Å². The van der Waals surface area contributed by atoms with E-state index in [0.717, 1.165) is 18.4 Å². The molecule has 2 aromatic rings. The van der Waals surface area contributed by atoms with Crippen LogP contribution in [0.1, 0.15) is 38.2 Å². The fourth-order valence-corrected chi connectivity index (χ4v) is 5.62. The Morgan fingerprint density at radius 3 is 2.46 bits per heavy atom. The van der Waals surface area contributed by atoms with E-state index in [0.29, 0.717) is 29.3 Å². The number of nitrogens with two attached hydrogens (primary N) is 2. The van der Waals surface area contributed by atoms with Gasteiger partial charge in [-0.3, -0.25) is 4.98 Å². The minimum atomic E-state index is -2.40. The van der Waals surface area contributed by atoms with Crippen LogP contribution in [0.4, 0.5) is 11.8 Å². The summed E-state index contributed by atoms with van der Waals surface area (Å²) < 4.78 is 19.0. The van der Waals surface area contributed by atoms with Crippen molar-refractivity contribution in [3.05, 3.63) is 24.0 Å². The fraction of sp³-hybridized carbons (Fsp3) is 0.438. The van der Waals surface area contributed by atoms with E-state index in [4.69, 9.17) is 16.2 Å². The third-order valence-electron chi connectivity index (χ3n) is 4.23. The van der Waals surface area contributed by atoms with E-state index >= 15 is 0 Å². The number of rotatable bonds is 4. The monoisotopic (exact) mass is 347 g/mol. The summed E-state index contributed by atoms with van der Waals surface area (Å²) in [5, 5.41) is 0. The van der Waals surface area contributed by atoms with Crippen LogP contribution in [0.25, 0.3) is 0 Å². The minimum Gasteiger partial charge on any atom is -0.451 e. The average molecular weight is 347 g/mol. The Morgan fingerprint density at radius 2 is 1.83 bits per heavy atom. The van der Waals surface area contributed by atoms with Crippen molar-refractivity contribution >= 4 is 24.3 Å². The first-order valence-electron chi connectivity index (χ1n) is 8.03. The second kappa shape index (κ2) is 6.40. The molecule has 0 atom stereocenters. The number of aromatic nitrogens is 3. The Morgan fingerprint density at radius 1 is 1.12 bits per heavy atom. The van der Waals surface area contributed by atoms with Gasteiger partial charge in [0.25, 0.3) is 0 Å². The summed E-state index contributed by atoms with van der Waals surface area (Å²) >= 11 is 0. The van der Waals surface area contributed by atoms with Gasteiger partial charge in [0.15, 0.2) is 11.6 Å². The Hall–Kier alpha value is -2.14. The summed E-state index contributed by atoms with van der Waals surface area (Å²) in [4.78, 5) is 12.3. The van der Waals surface area contributed by atoms with E-state index in [-0.39, 0.29) is 17.7 Å². The fourth-order valence-electron chi connectivity index (χ4n) is 2.85. The summed E-state index contributed by atoms with van der Waals surface area (Å²) in [5.41, 5.74) is 12.9. The zero-order chi connectivity index (χ0) is 17.3. The van der Waals surface area contributed by atoms with Crippen molar-refractivity contribution in [3.63, 3.8) is 0 Å². The lowest BCUT2D eigenvalue weighted by Gasteiger charge is -2.17. The van der Waals surface area contributed by atoms with Crippen LogP contribution in [-0.4, -0.2) is 27.3 Å². The molecule has 0 spiro atoms. The molecule has 1 aliphatic rings. The SMILES string of the molecule is CC(C)c1cnc(P2(=O)CCCC2)cc1Oc1cnc(N)nc1N. The van der Waals surface area contributed by atoms with Gasteiger partial charge in [0.2, 0.25) is 5.95 Å². The maximum Gasteiger partial charge on any atom is 0.222 e. The number of anilines is 2. The van der Waals surface area contributed by atoms with Crippen molar-refractivity contribution in [2.75, 3.05) is 23.8 Å². The lowest BCUT2D eigenvalue weighted by Crippen LogP contribution is -2.13. The Bertz CT molecular complexity index is 799. The zero-order valence-corrected chi connectivity index (χ0v) is 14.8. The highest BCUT2D eigenvalue weighted by Gasteiger charge is 2.31. The van der Waals surface area contributed by atoms with Gasteiger partial charge in [0, 0.05) is 30.2 Å². The van der Waals surface area contributed by atoms with Gasteiger partial charge in [0.05, 0.1) is 6.20 Å². The van der Waals surface area contributed by atoms with Crippen LogP contribution in [0.5, 0.6) is 11.5 Å². The summed E-state index contributed by atoms with van der Waals surface area (Å²) in [7, 11) is -2.40. The Balaban J connectivity index is 2.02. The zero-order valence-electron chi connectivity index (χ0n) is 13.9. The molecule has 3 heterocycles. The molecule has 0 bridgehead atoms. The van der Waals surface area contributed by atoms with Gasteiger partial charge in [-0.15, -0.1) is 0 Å². The van der Waals surface area contributed by atoms with Crippen LogP contribution in [0.3, 0.4) is 0 Å². The maximum atomic E-state index is 13.0. The normalized spacial score (nSPS) is 16.5. The molecule has 1 saturated heterocycles. The van der Waals surface area contributed by atoms with Crippen molar-refractivity contribution in [3.8, 4) is 11.5 Å². The quantitative estimate of drug-likeness (QED) is 0.817. The van der Waals surface area contributed by atoms with Crippen LogP contribution in [-0.2, 0) is 4.57 Å². The molecule has 7 nitrogen and oxygen atoms in total. The first kappa shape index (κ1) is 16.7. The number of pyridine rings is 1. The molecule has 128 valence electrons. The highest BCUT2D eigenvalue weighted by Crippen LogP contribution is 2.51. The summed E-state index contributed by atoms with van der Waals surface area (Å²) in [5.74, 6) is 1.38. The molecule has 2 aromatic heterocycles. The predicted octanol–water partition coefficient (Wildman–Crippen LogP) is 2.73.